The van der Waals surface area contributed by atoms with Gasteiger partial charge in [-0.05, 0) is 47.0 Å². The van der Waals surface area contributed by atoms with Gasteiger partial charge in [0.05, 0.1) is 0 Å². The van der Waals surface area contributed by atoms with Crippen molar-refractivity contribution in [2.24, 2.45) is 0 Å². The van der Waals surface area contributed by atoms with Crippen molar-refractivity contribution in [3.8, 4) is 0 Å². The van der Waals surface area contributed by atoms with Crippen LogP contribution in [0.15, 0.2) is 0 Å². The van der Waals surface area contributed by atoms with E-state index in [2.05, 4.69) is 43.1 Å². The van der Waals surface area contributed by atoms with Crippen molar-refractivity contribution < 1.29 is 0 Å². The Morgan fingerprint density at radius 2 is 2.13 bits per heavy atom. The van der Waals surface area contributed by atoms with Gasteiger partial charge in [0.25, 0.3) is 0 Å². The van der Waals surface area contributed by atoms with Crippen LogP contribution in [0.3, 0.4) is 0 Å². The summed E-state index contributed by atoms with van der Waals surface area (Å²) in [5.74, 6) is 0. The lowest BCUT2D eigenvalue weighted by Crippen LogP contribution is -2.55. The van der Waals surface area contributed by atoms with Crippen LogP contribution in [0.25, 0.3) is 0 Å². The molecule has 1 heterocycles. The predicted molar refractivity (Wildman–Crippen MR) is 66.3 cm³/mol. The van der Waals surface area contributed by atoms with E-state index in [9.17, 15) is 0 Å². The van der Waals surface area contributed by atoms with Crippen LogP contribution >= 0.6 is 0 Å². The molecule has 0 amide bonds. The third-order valence-corrected chi connectivity index (χ3v) is 3.32. The summed E-state index contributed by atoms with van der Waals surface area (Å²) >= 11 is 0. The average molecular weight is 213 g/mol. The Morgan fingerprint density at radius 3 is 2.73 bits per heavy atom. The van der Waals surface area contributed by atoms with Crippen LogP contribution in [-0.4, -0.2) is 62.2 Å². The third-order valence-electron chi connectivity index (χ3n) is 3.32. The van der Waals surface area contributed by atoms with Crippen molar-refractivity contribution in [2.45, 2.75) is 38.8 Å². The van der Waals surface area contributed by atoms with Gasteiger partial charge >= 0.3 is 0 Å². The van der Waals surface area contributed by atoms with E-state index in [0.717, 1.165) is 6.54 Å². The summed E-state index contributed by atoms with van der Waals surface area (Å²) in [7, 11) is 4.30. The first-order valence-corrected chi connectivity index (χ1v) is 6.25. The molecule has 1 aliphatic heterocycles. The van der Waals surface area contributed by atoms with Gasteiger partial charge in [-0.15, -0.1) is 0 Å². The first-order chi connectivity index (χ1) is 7.13. The molecule has 0 aromatic heterocycles. The number of hydrogen-bond acceptors (Lipinski definition) is 3. The summed E-state index contributed by atoms with van der Waals surface area (Å²) in [5.41, 5.74) is 0. The molecule has 1 rings (SSSR count). The minimum atomic E-state index is 0.704. The van der Waals surface area contributed by atoms with Crippen LogP contribution in [0.2, 0.25) is 0 Å². The van der Waals surface area contributed by atoms with E-state index >= 15 is 0 Å². The normalized spacial score (nSPS) is 28.6. The summed E-state index contributed by atoms with van der Waals surface area (Å²) in [4.78, 5) is 4.90. The molecule has 3 nitrogen and oxygen atoms in total. The summed E-state index contributed by atoms with van der Waals surface area (Å²) in [6.07, 6.45) is 2.53. The highest BCUT2D eigenvalue weighted by Crippen LogP contribution is 2.09. The zero-order valence-corrected chi connectivity index (χ0v) is 10.8. The lowest BCUT2D eigenvalue weighted by atomic mass is 10.1. The van der Waals surface area contributed by atoms with E-state index in [1.165, 1.54) is 32.5 Å². The van der Waals surface area contributed by atoms with Crippen molar-refractivity contribution in [2.75, 3.05) is 40.3 Å². The van der Waals surface area contributed by atoms with Crippen molar-refractivity contribution in [1.82, 2.24) is 15.1 Å². The van der Waals surface area contributed by atoms with Gasteiger partial charge in [0.15, 0.2) is 0 Å². The molecule has 1 aliphatic rings. The van der Waals surface area contributed by atoms with Crippen LogP contribution in [0.4, 0.5) is 0 Å². The zero-order valence-electron chi connectivity index (χ0n) is 10.8. The van der Waals surface area contributed by atoms with E-state index in [1.807, 2.05) is 0 Å². The van der Waals surface area contributed by atoms with Gasteiger partial charge in [-0.2, -0.15) is 0 Å². The molecule has 0 aliphatic carbocycles. The third kappa shape index (κ3) is 4.49. The van der Waals surface area contributed by atoms with Gasteiger partial charge in [0.2, 0.25) is 0 Å². The molecule has 1 fully saturated rings. The largest absolute Gasteiger partial charge is 0.311 e. The zero-order chi connectivity index (χ0) is 11.3. The molecule has 0 radical (unpaired) electrons. The standard InChI is InChI=1S/C12H27N3/c1-5-12-10-15(11(2)9-13-12)8-6-7-14(3)4/h11-13H,5-10H2,1-4H3. The highest BCUT2D eigenvalue weighted by atomic mass is 15.2. The lowest BCUT2D eigenvalue weighted by molar-refractivity contribution is 0.134. The molecule has 1 saturated heterocycles. The van der Waals surface area contributed by atoms with Crippen LogP contribution < -0.4 is 5.32 Å². The topological polar surface area (TPSA) is 18.5 Å². The first-order valence-electron chi connectivity index (χ1n) is 6.25. The Hall–Kier alpha value is -0.120. The quantitative estimate of drug-likeness (QED) is 0.735. The molecule has 2 unspecified atom stereocenters. The van der Waals surface area contributed by atoms with E-state index < -0.39 is 0 Å². The van der Waals surface area contributed by atoms with Gasteiger partial charge in [-0.25, -0.2) is 0 Å². The molecule has 0 bridgehead atoms. The smallest absolute Gasteiger partial charge is 0.0193 e. The van der Waals surface area contributed by atoms with E-state index in [1.54, 1.807) is 0 Å². The van der Waals surface area contributed by atoms with E-state index in [-0.39, 0.29) is 0 Å². The molecular formula is C12H27N3. The minimum Gasteiger partial charge on any atom is -0.311 e. The monoisotopic (exact) mass is 213 g/mol. The minimum absolute atomic E-state index is 0.704. The molecule has 15 heavy (non-hydrogen) atoms. The van der Waals surface area contributed by atoms with E-state index in [4.69, 9.17) is 0 Å². The van der Waals surface area contributed by atoms with Gasteiger partial charge < -0.3 is 10.2 Å². The summed E-state index contributed by atoms with van der Waals surface area (Å²) in [6.45, 7) is 9.43. The van der Waals surface area contributed by atoms with Crippen molar-refractivity contribution in [1.29, 1.82) is 0 Å². The highest BCUT2D eigenvalue weighted by Gasteiger charge is 2.22. The second-order valence-electron chi connectivity index (χ2n) is 5.01. The molecule has 0 aromatic carbocycles. The number of hydrogen-bond donors (Lipinski definition) is 1. The Morgan fingerprint density at radius 1 is 1.40 bits per heavy atom. The lowest BCUT2D eigenvalue weighted by Gasteiger charge is -2.38. The molecule has 2 atom stereocenters. The Bertz CT molecular complexity index is 170. The fraction of sp³-hybridized carbons (Fsp3) is 1.00. The molecule has 3 heteroatoms. The van der Waals surface area contributed by atoms with Crippen LogP contribution in [0, 0.1) is 0 Å². The van der Waals surface area contributed by atoms with E-state index in [0.29, 0.717) is 12.1 Å². The number of nitrogens with zero attached hydrogens (tertiary/aromatic N) is 2. The maximum absolute atomic E-state index is 3.60. The van der Waals surface area contributed by atoms with Gasteiger partial charge in [0, 0.05) is 25.2 Å². The van der Waals surface area contributed by atoms with Crippen molar-refractivity contribution in [3.63, 3.8) is 0 Å². The summed E-state index contributed by atoms with van der Waals surface area (Å²) < 4.78 is 0. The average Bonchev–Trinajstić information content (AvgIpc) is 2.20. The molecule has 0 saturated carbocycles. The SMILES string of the molecule is CCC1CN(CCCN(C)C)C(C)CN1. The first kappa shape index (κ1) is 12.9. The number of nitrogens with one attached hydrogen (secondary N) is 1. The second-order valence-corrected chi connectivity index (χ2v) is 5.01. The highest BCUT2D eigenvalue weighted by molar-refractivity contribution is 4.82. The molecule has 90 valence electrons. The molecule has 1 N–H and O–H groups in total. The van der Waals surface area contributed by atoms with Crippen molar-refractivity contribution >= 4 is 0 Å². The molecule has 0 spiro atoms. The van der Waals surface area contributed by atoms with Gasteiger partial charge in [-0.3, -0.25) is 4.90 Å². The maximum Gasteiger partial charge on any atom is 0.0193 e. The number of rotatable bonds is 5. The predicted octanol–water partition coefficient (Wildman–Crippen LogP) is 1.01. The van der Waals surface area contributed by atoms with Crippen LogP contribution in [-0.2, 0) is 0 Å². The molecular weight excluding hydrogens is 186 g/mol. The summed E-state index contributed by atoms with van der Waals surface area (Å²) in [5, 5.41) is 3.60. The van der Waals surface area contributed by atoms with Crippen LogP contribution in [0.1, 0.15) is 26.7 Å². The number of piperazine rings is 1. The fourth-order valence-corrected chi connectivity index (χ4v) is 2.17. The Kier molecular flexibility index (Phi) is 5.58. The van der Waals surface area contributed by atoms with Gasteiger partial charge in [0.1, 0.15) is 0 Å². The van der Waals surface area contributed by atoms with Crippen LogP contribution in [0.5, 0.6) is 0 Å². The summed E-state index contributed by atoms with van der Waals surface area (Å²) in [6, 6.07) is 1.41. The molecule has 0 aromatic rings. The Labute approximate surface area is 94.8 Å². The fourth-order valence-electron chi connectivity index (χ4n) is 2.17. The van der Waals surface area contributed by atoms with Crippen molar-refractivity contribution in [3.05, 3.63) is 0 Å². The Balaban J connectivity index is 2.25. The van der Waals surface area contributed by atoms with Gasteiger partial charge in [-0.1, -0.05) is 6.92 Å². The second kappa shape index (κ2) is 6.46. The maximum atomic E-state index is 3.60.